The molecule has 3 nitrogen and oxygen atoms in total. The average molecular weight is 251 g/mol. The molecule has 0 spiro atoms. The van der Waals surface area contributed by atoms with Gasteiger partial charge in [0.1, 0.15) is 0 Å². The van der Waals surface area contributed by atoms with Gasteiger partial charge in [-0.3, -0.25) is 0 Å². The first kappa shape index (κ1) is 15.2. The smallest absolute Gasteiger partial charge is 0.0621 e. The summed E-state index contributed by atoms with van der Waals surface area (Å²) in [5.41, 5.74) is 6.60. The van der Waals surface area contributed by atoms with Gasteiger partial charge in [-0.25, -0.2) is 0 Å². The summed E-state index contributed by atoms with van der Waals surface area (Å²) in [6.07, 6.45) is 0.425. The minimum absolute atomic E-state index is 0.199. The highest BCUT2D eigenvalue weighted by atomic mass is 16.5. The van der Waals surface area contributed by atoms with Crippen LogP contribution in [0.5, 0.6) is 0 Å². The van der Waals surface area contributed by atoms with Crippen molar-refractivity contribution in [2.75, 3.05) is 13.2 Å². The quantitative estimate of drug-likeness (QED) is 0.780. The van der Waals surface area contributed by atoms with E-state index in [-0.39, 0.29) is 6.10 Å². The maximum atomic E-state index is 10.1. The summed E-state index contributed by atoms with van der Waals surface area (Å²) >= 11 is 0. The summed E-state index contributed by atoms with van der Waals surface area (Å²) in [5.74, 6) is 0. The molecule has 1 rings (SSSR count). The van der Waals surface area contributed by atoms with Crippen LogP contribution in [0.25, 0.3) is 0 Å². The van der Waals surface area contributed by atoms with E-state index in [4.69, 9.17) is 10.5 Å². The van der Waals surface area contributed by atoms with Crippen molar-refractivity contribution in [3.05, 3.63) is 35.9 Å². The number of benzene rings is 1. The van der Waals surface area contributed by atoms with Gasteiger partial charge in [0, 0.05) is 18.6 Å². The Kier molecular flexibility index (Phi) is 5.79. The predicted octanol–water partition coefficient (Wildman–Crippen LogP) is 2.08. The van der Waals surface area contributed by atoms with Crippen molar-refractivity contribution in [2.24, 2.45) is 5.73 Å². The molecular weight excluding hydrogens is 226 g/mol. The van der Waals surface area contributed by atoms with Gasteiger partial charge in [0.2, 0.25) is 0 Å². The molecule has 18 heavy (non-hydrogen) atoms. The molecule has 0 bridgehead atoms. The van der Waals surface area contributed by atoms with Gasteiger partial charge in [0.15, 0.2) is 0 Å². The van der Waals surface area contributed by atoms with Crippen LogP contribution in [0.1, 0.15) is 32.8 Å². The third kappa shape index (κ3) is 3.55. The second kappa shape index (κ2) is 6.88. The molecule has 1 aromatic carbocycles. The molecule has 2 unspecified atom stereocenters. The van der Waals surface area contributed by atoms with E-state index >= 15 is 0 Å². The second-order valence-corrected chi connectivity index (χ2v) is 5.07. The van der Waals surface area contributed by atoms with Crippen LogP contribution in [-0.2, 0) is 10.2 Å². The Balaban J connectivity index is 2.88. The zero-order valence-electron chi connectivity index (χ0n) is 11.6. The molecule has 3 heteroatoms. The molecule has 0 aliphatic rings. The Morgan fingerprint density at radius 3 is 2.28 bits per heavy atom. The second-order valence-electron chi connectivity index (χ2n) is 5.07. The first-order valence-corrected chi connectivity index (χ1v) is 6.58. The van der Waals surface area contributed by atoms with Crippen LogP contribution >= 0.6 is 0 Å². The Hall–Kier alpha value is -0.900. The van der Waals surface area contributed by atoms with E-state index in [9.17, 15) is 5.11 Å². The van der Waals surface area contributed by atoms with Gasteiger partial charge < -0.3 is 15.6 Å². The topological polar surface area (TPSA) is 55.5 Å². The maximum Gasteiger partial charge on any atom is 0.0621 e. The van der Waals surface area contributed by atoms with Crippen molar-refractivity contribution in [1.29, 1.82) is 0 Å². The lowest BCUT2D eigenvalue weighted by Gasteiger charge is -2.36. The van der Waals surface area contributed by atoms with Gasteiger partial charge in [0.25, 0.3) is 0 Å². The highest BCUT2D eigenvalue weighted by Gasteiger charge is 2.35. The zero-order chi connectivity index (χ0) is 13.6. The lowest BCUT2D eigenvalue weighted by atomic mass is 9.73. The Morgan fingerprint density at radius 1 is 1.22 bits per heavy atom. The van der Waals surface area contributed by atoms with Crippen LogP contribution in [0, 0.1) is 0 Å². The van der Waals surface area contributed by atoms with E-state index in [1.54, 1.807) is 6.92 Å². The zero-order valence-corrected chi connectivity index (χ0v) is 11.6. The SMILES string of the molecule is CC(C)OCCC(CN)(c1ccccc1)C(C)O. The molecule has 0 fully saturated rings. The number of aliphatic hydroxyl groups excluding tert-OH is 1. The first-order chi connectivity index (χ1) is 8.53. The van der Waals surface area contributed by atoms with Crippen molar-refractivity contribution in [3.8, 4) is 0 Å². The molecule has 0 aliphatic heterocycles. The molecule has 0 saturated heterocycles. The summed E-state index contributed by atoms with van der Waals surface area (Å²) in [5, 5.41) is 10.1. The van der Waals surface area contributed by atoms with Gasteiger partial charge in [-0.15, -0.1) is 0 Å². The number of nitrogens with two attached hydrogens (primary N) is 1. The van der Waals surface area contributed by atoms with E-state index in [1.807, 2.05) is 44.2 Å². The third-order valence-corrected chi connectivity index (χ3v) is 3.51. The number of rotatable bonds is 7. The minimum Gasteiger partial charge on any atom is -0.392 e. The molecule has 0 amide bonds. The van der Waals surface area contributed by atoms with Crippen molar-refractivity contribution in [3.63, 3.8) is 0 Å². The number of ether oxygens (including phenoxy) is 1. The molecule has 1 aromatic rings. The van der Waals surface area contributed by atoms with E-state index in [1.165, 1.54) is 0 Å². The van der Waals surface area contributed by atoms with Crippen molar-refractivity contribution < 1.29 is 9.84 Å². The van der Waals surface area contributed by atoms with Crippen LogP contribution in [0.3, 0.4) is 0 Å². The predicted molar refractivity (Wildman–Crippen MR) is 74.6 cm³/mol. The molecule has 0 heterocycles. The van der Waals surface area contributed by atoms with E-state index in [2.05, 4.69) is 0 Å². The highest BCUT2D eigenvalue weighted by Crippen LogP contribution is 2.31. The summed E-state index contributed by atoms with van der Waals surface area (Å²) in [7, 11) is 0. The Labute approximate surface area is 110 Å². The average Bonchev–Trinajstić information content (AvgIpc) is 2.35. The van der Waals surface area contributed by atoms with Crippen molar-refractivity contribution >= 4 is 0 Å². The highest BCUT2D eigenvalue weighted by molar-refractivity contribution is 5.27. The summed E-state index contributed by atoms with van der Waals surface area (Å²) in [4.78, 5) is 0. The van der Waals surface area contributed by atoms with E-state index in [0.29, 0.717) is 13.2 Å². The largest absolute Gasteiger partial charge is 0.392 e. The minimum atomic E-state index is -0.499. The molecule has 0 radical (unpaired) electrons. The van der Waals surface area contributed by atoms with Gasteiger partial charge in [0.05, 0.1) is 12.2 Å². The van der Waals surface area contributed by atoms with Crippen LogP contribution in [0.4, 0.5) is 0 Å². The summed E-state index contributed by atoms with van der Waals surface area (Å²) < 4.78 is 5.60. The normalized spacial score (nSPS) is 16.6. The molecule has 0 aliphatic carbocycles. The van der Waals surface area contributed by atoms with Crippen molar-refractivity contribution in [1.82, 2.24) is 0 Å². The van der Waals surface area contributed by atoms with Crippen LogP contribution < -0.4 is 5.73 Å². The standard InChI is InChI=1S/C15H25NO2/c1-12(2)18-10-9-15(11-16,13(3)17)14-7-5-4-6-8-14/h4-8,12-13,17H,9-11,16H2,1-3H3. The van der Waals surface area contributed by atoms with Gasteiger partial charge in [-0.1, -0.05) is 30.3 Å². The summed E-state index contributed by atoms with van der Waals surface area (Å²) in [6, 6.07) is 9.97. The molecule has 0 saturated carbocycles. The third-order valence-electron chi connectivity index (χ3n) is 3.51. The van der Waals surface area contributed by atoms with Crippen LogP contribution in [0.2, 0.25) is 0 Å². The molecular formula is C15H25NO2. The summed E-state index contributed by atoms with van der Waals surface area (Å²) in [6.45, 7) is 6.84. The fourth-order valence-corrected chi connectivity index (χ4v) is 2.23. The Bertz CT molecular complexity index is 338. The lowest BCUT2D eigenvalue weighted by molar-refractivity contribution is 0.0328. The fourth-order valence-electron chi connectivity index (χ4n) is 2.23. The van der Waals surface area contributed by atoms with Gasteiger partial charge >= 0.3 is 0 Å². The van der Waals surface area contributed by atoms with Crippen molar-refractivity contribution in [2.45, 2.75) is 44.8 Å². The van der Waals surface area contributed by atoms with Crippen LogP contribution in [-0.4, -0.2) is 30.5 Å². The van der Waals surface area contributed by atoms with E-state index in [0.717, 1.165) is 12.0 Å². The number of aliphatic hydroxyl groups is 1. The van der Waals surface area contributed by atoms with Gasteiger partial charge in [-0.2, -0.15) is 0 Å². The Morgan fingerprint density at radius 2 is 1.83 bits per heavy atom. The molecule has 2 atom stereocenters. The molecule has 0 aromatic heterocycles. The molecule has 3 N–H and O–H groups in total. The number of hydrogen-bond acceptors (Lipinski definition) is 3. The number of hydrogen-bond donors (Lipinski definition) is 2. The monoisotopic (exact) mass is 251 g/mol. The van der Waals surface area contributed by atoms with Gasteiger partial charge in [-0.05, 0) is 32.8 Å². The van der Waals surface area contributed by atoms with E-state index < -0.39 is 11.5 Å². The molecule has 102 valence electrons. The maximum absolute atomic E-state index is 10.1. The fraction of sp³-hybridized carbons (Fsp3) is 0.600. The van der Waals surface area contributed by atoms with Crippen LogP contribution in [0.15, 0.2) is 30.3 Å². The first-order valence-electron chi connectivity index (χ1n) is 6.58. The lowest BCUT2D eigenvalue weighted by Crippen LogP contribution is -2.45.